The minimum atomic E-state index is -0.501. The summed E-state index contributed by atoms with van der Waals surface area (Å²) in [5.74, 6) is 0.374. The van der Waals surface area contributed by atoms with Gasteiger partial charge in [0.1, 0.15) is 5.25 Å². The lowest BCUT2D eigenvalue weighted by atomic mass is 10.1. The van der Waals surface area contributed by atoms with Crippen LogP contribution in [0.4, 0.5) is 0 Å². The van der Waals surface area contributed by atoms with Gasteiger partial charge in [-0.2, -0.15) is 0 Å². The molecule has 0 bridgehead atoms. The van der Waals surface area contributed by atoms with Gasteiger partial charge in [0.05, 0.1) is 0 Å². The quantitative estimate of drug-likeness (QED) is 0.726. The number of primary amides is 1. The van der Waals surface area contributed by atoms with Gasteiger partial charge in [-0.1, -0.05) is 66.4 Å². The summed E-state index contributed by atoms with van der Waals surface area (Å²) in [6, 6.07) is 17.5. The average Bonchev–Trinajstić information content (AvgIpc) is 2.94. The lowest BCUT2D eigenvalue weighted by Gasteiger charge is -2.13. The number of amides is 1. The number of rotatable bonds is 5. The molecule has 3 aromatic rings. The number of aryl methyl sites for hydroxylation is 1. The Morgan fingerprint density at radius 2 is 1.75 bits per heavy atom. The van der Waals surface area contributed by atoms with Gasteiger partial charge in [-0.05, 0) is 18.1 Å². The number of aromatic nitrogens is 3. The van der Waals surface area contributed by atoms with Crippen molar-refractivity contribution < 1.29 is 4.79 Å². The van der Waals surface area contributed by atoms with Crippen LogP contribution in [-0.2, 0) is 11.8 Å². The molecule has 2 N–H and O–H groups in total. The van der Waals surface area contributed by atoms with Gasteiger partial charge in [0.15, 0.2) is 11.0 Å². The van der Waals surface area contributed by atoms with Crippen molar-refractivity contribution in [3.63, 3.8) is 0 Å². The van der Waals surface area contributed by atoms with Crippen molar-refractivity contribution in [1.82, 2.24) is 14.8 Å². The van der Waals surface area contributed by atoms with E-state index in [1.165, 1.54) is 11.8 Å². The highest BCUT2D eigenvalue weighted by Gasteiger charge is 2.23. The average molecular weight is 338 g/mol. The summed E-state index contributed by atoms with van der Waals surface area (Å²) < 4.78 is 1.89. The Bertz CT molecular complexity index is 860. The van der Waals surface area contributed by atoms with E-state index in [0.29, 0.717) is 5.16 Å². The van der Waals surface area contributed by atoms with Crippen molar-refractivity contribution in [2.45, 2.75) is 17.3 Å². The third-order valence-corrected chi connectivity index (χ3v) is 5.11. The van der Waals surface area contributed by atoms with Gasteiger partial charge in [0.2, 0.25) is 5.91 Å². The highest BCUT2D eigenvalue weighted by molar-refractivity contribution is 8.00. The minimum absolute atomic E-state index is 0.397. The van der Waals surface area contributed by atoms with E-state index < -0.39 is 11.2 Å². The summed E-state index contributed by atoms with van der Waals surface area (Å²) >= 11 is 1.31. The standard InChI is InChI=1S/C18H18N4OS/c1-12-8-6-7-11-14(12)17-20-21-18(22(17)2)24-15(16(19)23)13-9-4-3-5-10-13/h3-11,15H,1-2H3,(H2,19,23)/t15-/m0/s1. The van der Waals surface area contributed by atoms with E-state index >= 15 is 0 Å². The molecule has 0 spiro atoms. The van der Waals surface area contributed by atoms with Crippen molar-refractivity contribution in [1.29, 1.82) is 0 Å². The fourth-order valence-corrected chi connectivity index (χ4v) is 3.45. The Labute approximate surface area is 144 Å². The number of benzene rings is 2. The number of nitrogens with zero attached hydrogens (tertiary/aromatic N) is 3. The summed E-state index contributed by atoms with van der Waals surface area (Å²) in [7, 11) is 1.90. The SMILES string of the molecule is Cc1ccccc1-c1nnc(S[C@H](C(N)=O)c2ccccc2)n1C. The molecule has 2 aromatic carbocycles. The maximum absolute atomic E-state index is 11.9. The topological polar surface area (TPSA) is 73.8 Å². The highest BCUT2D eigenvalue weighted by Crippen LogP contribution is 2.35. The number of carbonyl (C=O) groups is 1. The van der Waals surface area contributed by atoms with Crippen LogP contribution in [0, 0.1) is 6.92 Å². The number of hydrogen-bond acceptors (Lipinski definition) is 4. The molecule has 0 aliphatic carbocycles. The zero-order valence-electron chi connectivity index (χ0n) is 13.5. The van der Waals surface area contributed by atoms with E-state index in [4.69, 9.17) is 5.73 Å². The second-order valence-corrected chi connectivity index (χ2v) is 6.56. The molecule has 1 heterocycles. The van der Waals surface area contributed by atoms with Crippen LogP contribution < -0.4 is 5.73 Å². The van der Waals surface area contributed by atoms with Crippen molar-refractivity contribution in [3.05, 3.63) is 65.7 Å². The first-order valence-electron chi connectivity index (χ1n) is 7.54. The maximum Gasteiger partial charge on any atom is 0.235 e. The van der Waals surface area contributed by atoms with E-state index in [1.54, 1.807) is 0 Å². The fraction of sp³-hybridized carbons (Fsp3) is 0.167. The van der Waals surface area contributed by atoms with Crippen LogP contribution in [0.5, 0.6) is 0 Å². The molecule has 3 rings (SSSR count). The van der Waals surface area contributed by atoms with Gasteiger partial charge in [0, 0.05) is 12.6 Å². The lowest BCUT2D eigenvalue weighted by Crippen LogP contribution is -2.19. The molecular weight excluding hydrogens is 320 g/mol. The Morgan fingerprint density at radius 1 is 1.08 bits per heavy atom. The monoisotopic (exact) mass is 338 g/mol. The van der Waals surface area contributed by atoms with Crippen LogP contribution in [0.3, 0.4) is 0 Å². The molecule has 1 amide bonds. The van der Waals surface area contributed by atoms with Crippen LogP contribution in [0.2, 0.25) is 0 Å². The molecule has 0 aliphatic heterocycles. The molecule has 0 unspecified atom stereocenters. The van der Waals surface area contributed by atoms with E-state index in [1.807, 2.05) is 73.1 Å². The zero-order valence-corrected chi connectivity index (χ0v) is 14.3. The molecule has 6 heteroatoms. The normalized spacial score (nSPS) is 12.1. The van der Waals surface area contributed by atoms with Crippen LogP contribution >= 0.6 is 11.8 Å². The van der Waals surface area contributed by atoms with Gasteiger partial charge in [-0.3, -0.25) is 4.79 Å². The minimum Gasteiger partial charge on any atom is -0.368 e. The van der Waals surface area contributed by atoms with Crippen molar-refractivity contribution in [3.8, 4) is 11.4 Å². The molecule has 0 fully saturated rings. The Kier molecular flexibility index (Phi) is 4.66. The highest BCUT2D eigenvalue weighted by atomic mass is 32.2. The third kappa shape index (κ3) is 3.19. The maximum atomic E-state index is 11.9. The van der Waals surface area contributed by atoms with Crippen LogP contribution in [0.25, 0.3) is 11.4 Å². The Balaban J connectivity index is 1.94. The molecule has 0 aliphatic rings. The molecular formula is C18H18N4OS. The molecule has 0 radical (unpaired) electrons. The Morgan fingerprint density at radius 3 is 2.42 bits per heavy atom. The second-order valence-electron chi connectivity index (χ2n) is 5.49. The predicted octanol–water partition coefficient (Wildman–Crippen LogP) is 3.11. The first kappa shape index (κ1) is 16.3. The summed E-state index contributed by atoms with van der Waals surface area (Å²) in [5, 5.41) is 8.69. The molecule has 122 valence electrons. The molecule has 0 saturated heterocycles. The van der Waals surface area contributed by atoms with Gasteiger partial charge in [0.25, 0.3) is 0 Å². The summed E-state index contributed by atoms with van der Waals surface area (Å²) in [6.07, 6.45) is 0. The van der Waals surface area contributed by atoms with Crippen LogP contribution in [0.15, 0.2) is 59.8 Å². The molecule has 1 atom stereocenters. The smallest absolute Gasteiger partial charge is 0.235 e. The number of carbonyl (C=O) groups excluding carboxylic acids is 1. The summed E-state index contributed by atoms with van der Waals surface area (Å²) in [4.78, 5) is 11.9. The lowest BCUT2D eigenvalue weighted by molar-refractivity contribution is -0.117. The molecule has 5 nitrogen and oxygen atoms in total. The number of hydrogen-bond donors (Lipinski definition) is 1. The fourth-order valence-electron chi connectivity index (χ4n) is 2.50. The second kappa shape index (κ2) is 6.88. The molecule has 24 heavy (non-hydrogen) atoms. The first-order valence-corrected chi connectivity index (χ1v) is 8.42. The van der Waals surface area contributed by atoms with E-state index in [9.17, 15) is 4.79 Å². The van der Waals surface area contributed by atoms with Gasteiger partial charge >= 0.3 is 0 Å². The van der Waals surface area contributed by atoms with Gasteiger partial charge in [-0.15, -0.1) is 10.2 Å². The van der Waals surface area contributed by atoms with E-state index in [-0.39, 0.29) is 0 Å². The largest absolute Gasteiger partial charge is 0.368 e. The first-order chi connectivity index (χ1) is 11.6. The molecule has 0 saturated carbocycles. The summed E-state index contributed by atoms with van der Waals surface area (Å²) in [5.41, 5.74) is 8.60. The Hall–Kier alpha value is -2.60. The third-order valence-electron chi connectivity index (χ3n) is 3.80. The predicted molar refractivity (Wildman–Crippen MR) is 95.4 cm³/mol. The number of thioether (sulfide) groups is 1. The van der Waals surface area contributed by atoms with E-state index in [2.05, 4.69) is 10.2 Å². The van der Waals surface area contributed by atoms with Crippen LogP contribution in [0.1, 0.15) is 16.4 Å². The van der Waals surface area contributed by atoms with Crippen LogP contribution in [-0.4, -0.2) is 20.7 Å². The van der Waals surface area contributed by atoms with Crippen molar-refractivity contribution in [2.24, 2.45) is 12.8 Å². The zero-order chi connectivity index (χ0) is 17.1. The summed E-state index contributed by atoms with van der Waals surface area (Å²) in [6.45, 7) is 2.03. The van der Waals surface area contributed by atoms with Gasteiger partial charge < -0.3 is 10.3 Å². The molecule has 1 aromatic heterocycles. The van der Waals surface area contributed by atoms with E-state index in [0.717, 1.165) is 22.5 Å². The van der Waals surface area contributed by atoms with Crippen molar-refractivity contribution >= 4 is 17.7 Å². The number of nitrogens with two attached hydrogens (primary N) is 1. The van der Waals surface area contributed by atoms with Gasteiger partial charge in [-0.25, -0.2) is 0 Å². The van der Waals surface area contributed by atoms with Crippen molar-refractivity contribution in [2.75, 3.05) is 0 Å².